The van der Waals surface area contributed by atoms with Gasteiger partial charge in [0, 0.05) is 52.4 Å². The van der Waals surface area contributed by atoms with E-state index in [2.05, 4.69) is 17.2 Å². The number of nitrogens with zero attached hydrogens (tertiary/aromatic N) is 4. The van der Waals surface area contributed by atoms with E-state index in [9.17, 15) is 9.59 Å². The number of fused-ring (bicyclic) bond motifs is 1. The van der Waals surface area contributed by atoms with Gasteiger partial charge in [-0.1, -0.05) is 6.92 Å². The summed E-state index contributed by atoms with van der Waals surface area (Å²) in [4.78, 5) is 34.5. The maximum Gasteiger partial charge on any atom is 0.253 e. The molecule has 8 heteroatoms. The van der Waals surface area contributed by atoms with Gasteiger partial charge in [-0.25, -0.2) is 4.98 Å². The highest BCUT2D eigenvalue weighted by molar-refractivity contribution is 5.98. The zero-order chi connectivity index (χ0) is 21.3. The lowest BCUT2D eigenvalue weighted by Crippen LogP contribution is -2.38. The lowest BCUT2D eigenvalue weighted by molar-refractivity contribution is -0.135. The summed E-state index contributed by atoms with van der Waals surface area (Å²) in [5.74, 6) is 0.959. The fourth-order valence-electron chi connectivity index (χ4n) is 4.74. The highest BCUT2D eigenvalue weighted by Gasteiger charge is 2.51. The molecule has 1 atom stereocenters. The van der Waals surface area contributed by atoms with Crippen molar-refractivity contribution in [3.63, 3.8) is 0 Å². The number of carbonyl (C=O) groups excluding carboxylic acids is 2. The van der Waals surface area contributed by atoms with E-state index < -0.39 is 0 Å². The summed E-state index contributed by atoms with van der Waals surface area (Å²) in [6.45, 7) is 6.13. The van der Waals surface area contributed by atoms with Crippen LogP contribution in [0, 0.1) is 5.41 Å². The maximum atomic E-state index is 13.2. The normalized spacial score (nSPS) is 21.4. The molecule has 1 unspecified atom stereocenters. The van der Waals surface area contributed by atoms with Crippen molar-refractivity contribution in [2.45, 2.75) is 26.2 Å². The van der Waals surface area contributed by atoms with Gasteiger partial charge in [0.05, 0.1) is 23.1 Å². The Kier molecular flexibility index (Phi) is 5.69. The predicted octanol–water partition coefficient (Wildman–Crippen LogP) is 2.11. The molecule has 1 aromatic carbocycles. The van der Waals surface area contributed by atoms with Crippen LogP contribution in [0.25, 0.3) is 11.0 Å². The summed E-state index contributed by atoms with van der Waals surface area (Å²) in [5, 5.41) is 3.25. The second-order valence-corrected chi connectivity index (χ2v) is 8.42. The topological polar surface area (TPSA) is 79.7 Å². The number of aromatic nitrogens is 2. The third-order valence-electron chi connectivity index (χ3n) is 6.45. The minimum atomic E-state index is -0.377. The van der Waals surface area contributed by atoms with Gasteiger partial charge < -0.3 is 24.4 Å². The summed E-state index contributed by atoms with van der Waals surface area (Å²) in [7, 11) is 3.61. The molecule has 1 N–H and O–H groups in total. The molecule has 4 rings (SSSR count). The molecule has 30 heavy (non-hydrogen) atoms. The SMILES string of the molecule is CCCN1CCC2(CCN(C(=O)c3ccc4c(c3)nc(NCCOC)n4C)C2)C1=O. The number of imidazole rings is 1. The van der Waals surface area contributed by atoms with E-state index >= 15 is 0 Å². The Labute approximate surface area is 177 Å². The summed E-state index contributed by atoms with van der Waals surface area (Å²) in [5.41, 5.74) is 1.99. The summed E-state index contributed by atoms with van der Waals surface area (Å²) < 4.78 is 7.05. The van der Waals surface area contributed by atoms with Gasteiger partial charge in [0.2, 0.25) is 11.9 Å². The van der Waals surface area contributed by atoms with Crippen LogP contribution in [0.4, 0.5) is 5.95 Å². The van der Waals surface area contributed by atoms with E-state index in [1.54, 1.807) is 7.11 Å². The second kappa shape index (κ2) is 8.26. The number of rotatable bonds is 7. The lowest BCUT2D eigenvalue weighted by Gasteiger charge is -2.23. The first-order chi connectivity index (χ1) is 14.5. The first-order valence-corrected chi connectivity index (χ1v) is 10.8. The van der Waals surface area contributed by atoms with Crippen molar-refractivity contribution < 1.29 is 14.3 Å². The molecule has 3 heterocycles. The molecular weight excluding hydrogens is 382 g/mol. The first kappa shape index (κ1) is 20.7. The van der Waals surface area contributed by atoms with E-state index in [0.29, 0.717) is 31.8 Å². The lowest BCUT2D eigenvalue weighted by atomic mass is 9.85. The molecule has 1 aromatic heterocycles. The number of hydrogen-bond donors (Lipinski definition) is 1. The Morgan fingerprint density at radius 3 is 2.87 bits per heavy atom. The van der Waals surface area contributed by atoms with Crippen molar-refractivity contribution in [3.05, 3.63) is 23.8 Å². The van der Waals surface area contributed by atoms with Crippen molar-refractivity contribution in [1.29, 1.82) is 0 Å². The average molecular weight is 414 g/mol. The molecule has 8 nitrogen and oxygen atoms in total. The van der Waals surface area contributed by atoms with Gasteiger partial charge in [0.1, 0.15) is 0 Å². The number of carbonyl (C=O) groups is 2. The maximum absolute atomic E-state index is 13.2. The van der Waals surface area contributed by atoms with E-state index in [1.807, 2.05) is 39.6 Å². The van der Waals surface area contributed by atoms with Crippen LogP contribution in [0.5, 0.6) is 0 Å². The molecule has 1 spiro atoms. The molecule has 2 aliphatic rings. The van der Waals surface area contributed by atoms with E-state index in [-0.39, 0.29) is 17.2 Å². The zero-order valence-corrected chi connectivity index (χ0v) is 18.1. The smallest absolute Gasteiger partial charge is 0.253 e. The number of aryl methyl sites for hydroxylation is 1. The molecule has 2 fully saturated rings. The summed E-state index contributed by atoms with van der Waals surface area (Å²) in [6.07, 6.45) is 2.58. The Balaban J connectivity index is 1.49. The zero-order valence-electron chi connectivity index (χ0n) is 18.1. The molecule has 2 saturated heterocycles. The number of amides is 2. The molecular formula is C22H31N5O3. The Morgan fingerprint density at radius 1 is 1.30 bits per heavy atom. The molecule has 2 aliphatic heterocycles. The molecule has 0 bridgehead atoms. The van der Waals surface area contributed by atoms with E-state index in [1.165, 1.54) is 0 Å². The van der Waals surface area contributed by atoms with Crippen LogP contribution >= 0.6 is 0 Å². The van der Waals surface area contributed by atoms with Gasteiger partial charge >= 0.3 is 0 Å². The molecule has 2 aromatic rings. The van der Waals surface area contributed by atoms with Crippen LogP contribution in [-0.2, 0) is 16.6 Å². The second-order valence-electron chi connectivity index (χ2n) is 8.42. The molecule has 0 saturated carbocycles. The third-order valence-corrected chi connectivity index (χ3v) is 6.45. The summed E-state index contributed by atoms with van der Waals surface area (Å²) >= 11 is 0. The van der Waals surface area contributed by atoms with Gasteiger partial charge in [-0.2, -0.15) is 0 Å². The average Bonchev–Trinajstić information content (AvgIpc) is 3.41. The Bertz CT molecular complexity index is 956. The monoisotopic (exact) mass is 413 g/mol. The van der Waals surface area contributed by atoms with Gasteiger partial charge in [-0.15, -0.1) is 0 Å². The third kappa shape index (κ3) is 3.53. The largest absolute Gasteiger partial charge is 0.383 e. The van der Waals surface area contributed by atoms with Gasteiger partial charge in [-0.05, 0) is 37.5 Å². The van der Waals surface area contributed by atoms with Crippen LogP contribution in [-0.4, -0.2) is 77.6 Å². The standard InChI is InChI=1S/C22H31N5O3/c1-4-10-26-11-7-22(20(26)29)8-12-27(15-22)19(28)16-5-6-18-17(14-16)24-21(25(18)2)23-9-13-30-3/h5-6,14H,4,7-13,15H2,1-3H3,(H,23,24). The van der Waals surface area contributed by atoms with E-state index in [4.69, 9.17) is 4.74 Å². The number of hydrogen-bond acceptors (Lipinski definition) is 5. The van der Waals surface area contributed by atoms with Gasteiger partial charge in [0.25, 0.3) is 5.91 Å². The molecule has 0 radical (unpaired) electrons. The van der Waals surface area contributed by atoms with Crippen LogP contribution in [0.3, 0.4) is 0 Å². The van der Waals surface area contributed by atoms with Crippen LogP contribution in [0.15, 0.2) is 18.2 Å². The fourth-order valence-corrected chi connectivity index (χ4v) is 4.74. The van der Waals surface area contributed by atoms with Crippen molar-refractivity contribution in [2.75, 3.05) is 51.8 Å². The quantitative estimate of drug-likeness (QED) is 0.704. The Morgan fingerprint density at radius 2 is 2.10 bits per heavy atom. The Hall–Kier alpha value is -2.61. The number of likely N-dealkylation sites (tertiary alicyclic amines) is 2. The molecule has 162 valence electrons. The highest BCUT2D eigenvalue weighted by Crippen LogP contribution is 2.41. The highest BCUT2D eigenvalue weighted by atomic mass is 16.5. The van der Waals surface area contributed by atoms with Crippen LogP contribution < -0.4 is 5.32 Å². The van der Waals surface area contributed by atoms with Crippen molar-refractivity contribution in [1.82, 2.24) is 19.4 Å². The van der Waals surface area contributed by atoms with Crippen molar-refractivity contribution in [3.8, 4) is 0 Å². The molecule has 0 aliphatic carbocycles. The van der Waals surface area contributed by atoms with Gasteiger partial charge in [0.15, 0.2) is 0 Å². The number of benzene rings is 1. The predicted molar refractivity (Wildman–Crippen MR) is 116 cm³/mol. The molecule has 2 amide bonds. The summed E-state index contributed by atoms with van der Waals surface area (Å²) in [6, 6.07) is 5.65. The fraction of sp³-hybridized carbons (Fsp3) is 0.591. The first-order valence-electron chi connectivity index (χ1n) is 10.8. The van der Waals surface area contributed by atoms with E-state index in [0.717, 1.165) is 49.3 Å². The van der Waals surface area contributed by atoms with Crippen LogP contribution in [0.2, 0.25) is 0 Å². The number of nitrogens with one attached hydrogen (secondary N) is 1. The number of anilines is 1. The number of methoxy groups -OCH3 is 1. The van der Waals surface area contributed by atoms with Crippen LogP contribution in [0.1, 0.15) is 36.5 Å². The number of ether oxygens (including phenoxy) is 1. The van der Waals surface area contributed by atoms with Crippen molar-refractivity contribution >= 4 is 28.8 Å². The van der Waals surface area contributed by atoms with Crippen molar-refractivity contribution in [2.24, 2.45) is 12.5 Å². The van der Waals surface area contributed by atoms with Gasteiger partial charge in [-0.3, -0.25) is 9.59 Å². The minimum absolute atomic E-state index is 0.0185. The minimum Gasteiger partial charge on any atom is -0.383 e.